The number of hydrogen-bond donors (Lipinski definition) is 1. The van der Waals surface area contributed by atoms with Gasteiger partial charge in [-0.1, -0.05) is 17.7 Å². The molecule has 4 nitrogen and oxygen atoms in total. The minimum Gasteiger partial charge on any atom is -0.467 e. The number of carbonyl (C=O) groups excluding carboxylic acids is 1. The number of benzene rings is 1. The number of furan rings is 1. The van der Waals surface area contributed by atoms with E-state index < -0.39 is 0 Å². The third kappa shape index (κ3) is 4.63. The Balaban J connectivity index is 1.67. The highest BCUT2D eigenvalue weighted by Crippen LogP contribution is 2.16. The summed E-state index contributed by atoms with van der Waals surface area (Å²) in [5.74, 6) is 0.757. The zero-order valence-corrected chi connectivity index (χ0v) is 14.5. The lowest BCUT2D eigenvalue weighted by Gasteiger charge is -2.22. The molecule has 0 radical (unpaired) electrons. The third-order valence-electron chi connectivity index (χ3n) is 3.52. The summed E-state index contributed by atoms with van der Waals surface area (Å²) in [6.45, 7) is 1.04. The van der Waals surface area contributed by atoms with Crippen LogP contribution in [0.4, 0.5) is 10.5 Å². The molecule has 124 valence electrons. The zero-order valence-electron chi connectivity index (χ0n) is 12.9. The number of nitrogens with one attached hydrogen (secondary N) is 1. The van der Waals surface area contributed by atoms with Crippen LogP contribution >= 0.6 is 22.9 Å². The van der Waals surface area contributed by atoms with Gasteiger partial charge in [0.1, 0.15) is 5.76 Å². The molecule has 3 aromatic rings. The average Bonchev–Trinajstić information content (AvgIpc) is 3.27. The Morgan fingerprint density at radius 1 is 1.17 bits per heavy atom. The molecule has 0 fully saturated rings. The molecule has 6 heteroatoms. The maximum atomic E-state index is 12.6. The molecule has 0 atom stereocenters. The van der Waals surface area contributed by atoms with Gasteiger partial charge in [-0.05, 0) is 54.3 Å². The van der Waals surface area contributed by atoms with Crippen LogP contribution in [0.25, 0.3) is 0 Å². The number of rotatable bonds is 6. The van der Waals surface area contributed by atoms with Crippen LogP contribution in [-0.2, 0) is 13.0 Å². The van der Waals surface area contributed by atoms with E-state index >= 15 is 0 Å². The summed E-state index contributed by atoms with van der Waals surface area (Å²) in [5, 5.41) is 5.58. The molecule has 2 aromatic heterocycles. The lowest BCUT2D eigenvalue weighted by Crippen LogP contribution is -2.35. The first-order chi connectivity index (χ1) is 11.7. The third-order valence-corrected chi connectivity index (χ3v) is 4.71. The first kappa shape index (κ1) is 16.6. The van der Waals surface area contributed by atoms with Crippen molar-refractivity contribution in [2.45, 2.75) is 13.0 Å². The summed E-state index contributed by atoms with van der Waals surface area (Å²) in [6, 6.07) is 14.7. The molecular weight excluding hydrogens is 344 g/mol. The Morgan fingerprint density at radius 3 is 2.67 bits per heavy atom. The smallest absolute Gasteiger partial charge is 0.322 e. The molecule has 0 aliphatic carbocycles. The number of anilines is 1. The molecule has 0 bridgehead atoms. The van der Waals surface area contributed by atoms with Gasteiger partial charge < -0.3 is 14.6 Å². The van der Waals surface area contributed by atoms with Crippen molar-refractivity contribution in [2.24, 2.45) is 0 Å². The van der Waals surface area contributed by atoms with E-state index in [2.05, 4.69) is 11.4 Å². The molecule has 1 aromatic carbocycles. The van der Waals surface area contributed by atoms with Crippen LogP contribution in [0.2, 0.25) is 5.02 Å². The van der Waals surface area contributed by atoms with E-state index in [1.54, 1.807) is 46.8 Å². The summed E-state index contributed by atoms with van der Waals surface area (Å²) in [6.07, 6.45) is 2.43. The van der Waals surface area contributed by atoms with Crippen molar-refractivity contribution in [2.75, 3.05) is 11.9 Å². The van der Waals surface area contributed by atoms with E-state index in [1.807, 2.05) is 23.6 Å². The topological polar surface area (TPSA) is 45.5 Å². The molecule has 0 aliphatic rings. The van der Waals surface area contributed by atoms with Crippen LogP contribution in [0, 0.1) is 0 Å². The summed E-state index contributed by atoms with van der Waals surface area (Å²) in [7, 11) is 0. The normalized spacial score (nSPS) is 10.5. The van der Waals surface area contributed by atoms with E-state index in [0.29, 0.717) is 23.8 Å². The van der Waals surface area contributed by atoms with Gasteiger partial charge in [-0.15, -0.1) is 11.3 Å². The Morgan fingerprint density at radius 2 is 2.00 bits per heavy atom. The zero-order chi connectivity index (χ0) is 16.8. The fourth-order valence-electron chi connectivity index (χ4n) is 2.28. The first-order valence-corrected chi connectivity index (χ1v) is 8.83. The maximum Gasteiger partial charge on any atom is 0.322 e. The van der Waals surface area contributed by atoms with Gasteiger partial charge in [0, 0.05) is 22.1 Å². The summed E-state index contributed by atoms with van der Waals surface area (Å²) < 4.78 is 5.38. The molecule has 0 saturated heterocycles. The number of thiophene rings is 1. The quantitative estimate of drug-likeness (QED) is 0.650. The number of amides is 2. The minimum absolute atomic E-state index is 0.162. The van der Waals surface area contributed by atoms with E-state index in [1.165, 1.54) is 4.88 Å². The van der Waals surface area contributed by atoms with Crippen LogP contribution in [0.15, 0.2) is 64.6 Å². The van der Waals surface area contributed by atoms with Gasteiger partial charge in [0.15, 0.2) is 0 Å². The van der Waals surface area contributed by atoms with E-state index in [0.717, 1.165) is 12.2 Å². The molecule has 1 N–H and O–H groups in total. The standard InChI is InChI=1S/C18H17ClN2O2S/c19-14-5-7-15(8-6-14)20-18(22)21(13-16-3-1-11-23-16)10-9-17-4-2-12-24-17/h1-8,11-12H,9-10,13H2,(H,20,22). The van der Waals surface area contributed by atoms with Gasteiger partial charge in [-0.3, -0.25) is 0 Å². The molecule has 0 aliphatic heterocycles. The number of nitrogens with zero attached hydrogens (tertiary/aromatic N) is 1. The lowest BCUT2D eigenvalue weighted by molar-refractivity contribution is 0.205. The second-order valence-electron chi connectivity index (χ2n) is 5.27. The molecule has 3 rings (SSSR count). The fraction of sp³-hybridized carbons (Fsp3) is 0.167. The van der Waals surface area contributed by atoms with Crippen molar-refractivity contribution in [1.29, 1.82) is 0 Å². The molecule has 2 amide bonds. The second-order valence-corrected chi connectivity index (χ2v) is 6.74. The van der Waals surface area contributed by atoms with Crippen molar-refractivity contribution in [3.05, 3.63) is 75.8 Å². The van der Waals surface area contributed by atoms with E-state index in [-0.39, 0.29) is 6.03 Å². The Hall–Kier alpha value is -2.24. The van der Waals surface area contributed by atoms with Gasteiger partial charge in [0.2, 0.25) is 0 Å². The summed E-state index contributed by atoms with van der Waals surface area (Å²) in [5.41, 5.74) is 0.713. The van der Waals surface area contributed by atoms with Gasteiger partial charge >= 0.3 is 6.03 Å². The predicted octanol–water partition coefficient (Wildman–Crippen LogP) is 5.27. The fourth-order valence-corrected chi connectivity index (χ4v) is 3.10. The van der Waals surface area contributed by atoms with Gasteiger partial charge in [0.05, 0.1) is 12.8 Å². The Kier molecular flexibility index (Phi) is 5.56. The molecule has 0 spiro atoms. The van der Waals surface area contributed by atoms with E-state index in [4.69, 9.17) is 16.0 Å². The highest BCUT2D eigenvalue weighted by molar-refractivity contribution is 7.09. The molecular formula is C18H17ClN2O2S. The lowest BCUT2D eigenvalue weighted by atomic mass is 10.3. The molecule has 2 heterocycles. The molecule has 0 saturated carbocycles. The Labute approximate surface area is 149 Å². The van der Waals surface area contributed by atoms with Gasteiger partial charge in [0.25, 0.3) is 0 Å². The van der Waals surface area contributed by atoms with Gasteiger partial charge in [-0.25, -0.2) is 4.79 Å². The predicted molar refractivity (Wildman–Crippen MR) is 97.6 cm³/mol. The Bertz CT molecular complexity index is 755. The van der Waals surface area contributed by atoms with Crippen molar-refractivity contribution < 1.29 is 9.21 Å². The maximum absolute atomic E-state index is 12.6. The summed E-state index contributed by atoms with van der Waals surface area (Å²) in [4.78, 5) is 15.6. The number of carbonyl (C=O) groups is 1. The number of urea groups is 1. The van der Waals surface area contributed by atoms with E-state index in [9.17, 15) is 4.79 Å². The minimum atomic E-state index is -0.162. The molecule has 24 heavy (non-hydrogen) atoms. The van der Waals surface area contributed by atoms with Crippen LogP contribution in [0.3, 0.4) is 0 Å². The van der Waals surface area contributed by atoms with Crippen LogP contribution < -0.4 is 5.32 Å². The highest BCUT2D eigenvalue weighted by Gasteiger charge is 2.16. The monoisotopic (exact) mass is 360 g/mol. The molecule has 0 unspecified atom stereocenters. The first-order valence-electron chi connectivity index (χ1n) is 7.57. The number of halogens is 1. The average molecular weight is 361 g/mol. The van der Waals surface area contributed by atoms with Crippen LogP contribution in [0.1, 0.15) is 10.6 Å². The van der Waals surface area contributed by atoms with Crippen molar-refractivity contribution >= 4 is 34.7 Å². The van der Waals surface area contributed by atoms with Crippen molar-refractivity contribution in [3.63, 3.8) is 0 Å². The largest absolute Gasteiger partial charge is 0.467 e. The van der Waals surface area contributed by atoms with Crippen molar-refractivity contribution in [1.82, 2.24) is 4.90 Å². The second kappa shape index (κ2) is 8.04. The summed E-state index contributed by atoms with van der Waals surface area (Å²) >= 11 is 7.57. The van der Waals surface area contributed by atoms with Crippen LogP contribution in [-0.4, -0.2) is 17.5 Å². The van der Waals surface area contributed by atoms with Crippen LogP contribution in [0.5, 0.6) is 0 Å². The number of hydrogen-bond acceptors (Lipinski definition) is 3. The SMILES string of the molecule is O=C(Nc1ccc(Cl)cc1)N(CCc1cccs1)Cc1ccco1. The highest BCUT2D eigenvalue weighted by atomic mass is 35.5. The van der Waals surface area contributed by atoms with Crippen molar-refractivity contribution in [3.8, 4) is 0 Å². The van der Waals surface area contributed by atoms with Gasteiger partial charge in [-0.2, -0.15) is 0 Å².